The fraction of sp³-hybridized carbons (Fsp3) is 0.0588. The molecule has 24 heavy (non-hydrogen) atoms. The van der Waals surface area contributed by atoms with E-state index in [1.54, 1.807) is 24.8 Å². The normalized spacial score (nSPS) is 11.0. The molecule has 0 aliphatic rings. The van der Waals surface area contributed by atoms with E-state index in [2.05, 4.69) is 15.0 Å². The molecule has 0 amide bonds. The maximum Gasteiger partial charge on any atom is 0.278 e. The predicted molar refractivity (Wildman–Crippen MR) is 92.3 cm³/mol. The molecular weight excluding hydrogens is 324 g/mol. The highest BCUT2D eigenvalue weighted by Crippen LogP contribution is 2.24. The Labute approximate surface area is 140 Å². The maximum atomic E-state index is 12.7. The fourth-order valence-corrected chi connectivity index (χ4v) is 3.29. The second-order valence-corrected chi connectivity index (χ2v) is 6.16. The third-order valence-corrected chi connectivity index (χ3v) is 4.63. The number of thiazole rings is 1. The molecule has 6 nitrogen and oxygen atoms in total. The summed E-state index contributed by atoms with van der Waals surface area (Å²) in [5, 5.41) is 2.88. The van der Waals surface area contributed by atoms with Crippen molar-refractivity contribution in [3.63, 3.8) is 0 Å². The number of nitrogens with one attached hydrogen (secondary N) is 1. The van der Waals surface area contributed by atoms with Gasteiger partial charge in [0, 0.05) is 41.9 Å². The number of fused-ring (bicyclic) bond motifs is 1. The first-order chi connectivity index (χ1) is 11.6. The summed E-state index contributed by atoms with van der Waals surface area (Å²) in [4.78, 5) is 36.4. The molecule has 4 aromatic rings. The number of hydrogen-bond acceptors (Lipinski definition) is 5. The van der Waals surface area contributed by atoms with Crippen LogP contribution in [0.1, 0.15) is 15.4 Å². The molecule has 0 spiro atoms. The minimum Gasteiger partial charge on any atom is -0.360 e. The van der Waals surface area contributed by atoms with Crippen LogP contribution in [0.4, 0.5) is 0 Å². The van der Waals surface area contributed by atoms with Crippen molar-refractivity contribution in [1.82, 2.24) is 19.5 Å². The van der Waals surface area contributed by atoms with Crippen LogP contribution < -0.4 is 5.56 Å². The maximum absolute atomic E-state index is 12.7. The molecule has 0 radical (unpaired) electrons. The Morgan fingerprint density at radius 2 is 2.12 bits per heavy atom. The van der Waals surface area contributed by atoms with Crippen molar-refractivity contribution in [3.8, 4) is 11.4 Å². The Morgan fingerprint density at radius 1 is 1.29 bits per heavy atom. The van der Waals surface area contributed by atoms with E-state index in [-0.39, 0.29) is 17.0 Å². The number of H-pyrrole nitrogens is 1. The molecular formula is C17H12N4O2S. The summed E-state index contributed by atoms with van der Waals surface area (Å²) in [6, 6.07) is 7.60. The quantitative estimate of drug-likeness (QED) is 0.583. The van der Waals surface area contributed by atoms with Gasteiger partial charge in [-0.2, -0.15) is 0 Å². The number of para-hydroxylation sites is 1. The number of carbonyl (C=O) groups is 1. The molecule has 0 atom stereocenters. The standard InChI is InChI=1S/C17H12N4O2S/c1-21-7-6-18-14(17(21)23)13-9-24-16(20-13)15(22)11-8-19-12-5-3-2-4-10(11)12/h2-9,19H,1H3. The Hall–Kier alpha value is -3.06. The summed E-state index contributed by atoms with van der Waals surface area (Å²) in [7, 11) is 1.65. The molecule has 0 aliphatic carbocycles. The zero-order valence-electron chi connectivity index (χ0n) is 12.7. The van der Waals surface area contributed by atoms with Gasteiger partial charge in [-0.3, -0.25) is 9.59 Å². The lowest BCUT2D eigenvalue weighted by atomic mass is 10.1. The highest BCUT2D eigenvalue weighted by Gasteiger charge is 2.19. The summed E-state index contributed by atoms with van der Waals surface area (Å²) in [6.45, 7) is 0. The van der Waals surface area contributed by atoms with Crippen molar-refractivity contribution in [2.75, 3.05) is 0 Å². The van der Waals surface area contributed by atoms with Gasteiger partial charge in [-0.25, -0.2) is 9.97 Å². The van der Waals surface area contributed by atoms with Gasteiger partial charge >= 0.3 is 0 Å². The number of carbonyl (C=O) groups excluding carboxylic acids is 1. The molecule has 0 aliphatic heterocycles. The monoisotopic (exact) mass is 336 g/mol. The van der Waals surface area contributed by atoms with Crippen molar-refractivity contribution in [3.05, 3.63) is 69.2 Å². The molecule has 3 heterocycles. The van der Waals surface area contributed by atoms with E-state index >= 15 is 0 Å². The molecule has 1 N–H and O–H groups in total. The molecule has 1 aromatic carbocycles. The number of nitrogens with zero attached hydrogens (tertiary/aromatic N) is 3. The van der Waals surface area contributed by atoms with Gasteiger partial charge in [-0.15, -0.1) is 11.3 Å². The minimum absolute atomic E-state index is 0.170. The second kappa shape index (κ2) is 5.54. The lowest BCUT2D eigenvalue weighted by Gasteiger charge is -1.98. The van der Waals surface area contributed by atoms with Gasteiger partial charge in [0.15, 0.2) is 10.7 Å². The van der Waals surface area contributed by atoms with E-state index in [0.29, 0.717) is 16.3 Å². The van der Waals surface area contributed by atoms with Crippen LogP contribution in [0.5, 0.6) is 0 Å². The molecule has 4 rings (SSSR count). The highest BCUT2D eigenvalue weighted by atomic mass is 32.1. The van der Waals surface area contributed by atoms with Gasteiger partial charge < -0.3 is 9.55 Å². The summed E-state index contributed by atoms with van der Waals surface area (Å²) in [5.41, 5.74) is 1.89. The molecule has 0 saturated heterocycles. The van der Waals surface area contributed by atoms with Gasteiger partial charge in [0.05, 0.1) is 5.56 Å². The van der Waals surface area contributed by atoms with E-state index in [4.69, 9.17) is 0 Å². The molecule has 0 bridgehead atoms. The smallest absolute Gasteiger partial charge is 0.278 e. The van der Waals surface area contributed by atoms with Crippen molar-refractivity contribution >= 4 is 28.0 Å². The summed E-state index contributed by atoms with van der Waals surface area (Å²) >= 11 is 1.21. The van der Waals surface area contributed by atoms with E-state index in [9.17, 15) is 9.59 Å². The van der Waals surface area contributed by atoms with Crippen molar-refractivity contribution in [2.45, 2.75) is 0 Å². The fourth-order valence-electron chi connectivity index (χ4n) is 2.53. The van der Waals surface area contributed by atoms with Crippen LogP contribution in [-0.4, -0.2) is 25.3 Å². The van der Waals surface area contributed by atoms with Crippen molar-refractivity contribution < 1.29 is 4.79 Å². The van der Waals surface area contributed by atoms with Gasteiger partial charge in [-0.05, 0) is 6.07 Å². The summed E-state index contributed by atoms with van der Waals surface area (Å²) in [6.07, 6.45) is 4.81. The first-order valence-electron chi connectivity index (χ1n) is 7.23. The van der Waals surface area contributed by atoms with E-state index in [0.717, 1.165) is 10.9 Å². The van der Waals surface area contributed by atoms with Gasteiger partial charge in [0.25, 0.3) is 5.56 Å². The van der Waals surface area contributed by atoms with Crippen LogP contribution >= 0.6 is 11.3 Å². The number of rotatable bonds is 3. The third kappa shape index (κ3) is 2.26. The average molecular weight is 336 g/mol. The van der Waals surface area contributed by atoms with Crippen LogP contribution in [0.2, 0.25) is 0 Å². The molecule has 7 heteroatoms. The largest absolute Gasteiger partial charge is 0.360 e. The lowest BCUT2D eigenvalue weighted by molar-refractivity contribution is 0.104. The Balaban J connectivity index is 1.76. The Bertz CT molecular complexity index is 1120. The molecule has 3 aromatic heterocycles. The molecule has 0 unspecified atom stereocenters. The van der Waals surface area contributed by atoms with Crippen LogP contribution in [0.3, 0.4) is 0 Å². The van der Waals surface area contributed by atoms with Crippen LogP contribution in [0, 0.1) is 0 Å². The van der Waals surface area contributed by atoms with Crippen molar-refractivity contribution in [2.24, 2.45) is 7.05 Å². The minimum atomic E-state index is -0.242. The Morgan fingerprint density at radius 3 is 3.00 bits per heavy atom. The number of benzene rings is 1. The predicted octanol–water partition coefficient (Wildman–Crippen LogP) is 2.62. The number of aromatic amines is 1. The third-order valence-electron chi connectivity index (χ3n) is 3.79. The van der Waals surface area contributed by atoms with E-state index in [1.165, 1.54) is 22.1 Å². The summed E-state index contributed by atoms with van der Waals surface area (Å²) in [5.74, 6) is -0.170. The van der Waals surface area contributed by atoms with Crippen molar-refractivity contribution in [1.29, 1.82) is 0 Å². The first kappa shape index (κ1) is 14.5. The first-order valence-corrected chi connectivity index (χ1v) is 8.11. The van der Waals surface area contributed by atoms with Crippen LogP contribution in [-0.2, 0) is 7.05 Å². The summed E-state index contributed by atoms with van der Waals surface area (Å²) < 4.78 is 1.43. The lowest BCUT2D eigenvalue weighted by Crippen LogP contribution is -2.19. The average Bonchev–Trinajstić information content (AvgIpc) is 3.24. The van der Waals surface area contributed by atoms with Gasteiger partial charge in [0.2, 0.25) is 5.78 Å². The van der Waals surface area contributed by atoms with Crippen LogP contribution in [0.25, 0.3) is 22.3 Å². The van der Waals surface area contributed by atoms with Gasteiger partial charge in [0.1, 0.15) is 5.69 Å². The number of aryl methyl sites for hydroxylation is 1. The Kier molecular flexibility index (Phi) is 3.35. The molecule has 118 valence electrons. The molecule has 0 saturated carbocycles. The SMILES string of the molecule is Cn1ccnc(-c2csc(C(=O)c3c[nH]c4ccccc34)n2)c1=O. The zero-order valence-corrected chi connectivity index (χ0v) is 13.5. The van der Waals surface area contributed by atoms with E-state index in [1.807, 2.05) is 24.3 Å². The molecule has 0 fully saturated rings. The highest BCUT2D eigenvalue weighted by molar-refractivity contribution is 7.12. The van der Waals surface area contributed by atoms with E-state index < -0.39 is 0 Å². The topological polar surface area (TPSA) is 80.6 Å². The van der Waals surface area contributed by atoms with Gasteiger partial charge in [-0.1, -0.05) is 18.2 Å². The number of hydrogen-bond donors (Lipinski definition) is 1. The van der Waals surface area contributed by atoms with Crippen LogP contribution in [0.15, 0.2) is 53.0 Å². The zero-order chi connectivity index (χ0) is 16.7. The number of aromatic nitrogens is 4. The number of ketones is 1. The second-order valence-electron chi connectivity index (χ2n) is 5.31.